The van der Waals surface area contributed by atoms with Gasteiger partial charge in [-0.2, -0.15) is 0 Å². The Morgan fingerprint density at radius 2 is 2.09 bits per heavy atom. The van der Waals surface area contributed by atoms with E-state index in [-0.39, 0.29) is 5.91 Å². The van der Waals surface area contributed by atoms with E-state index in [4.69, 9.17) is 4.74 Å². The molecule has 0 spiro atoms. The van der Waals surface area contributed by atoms with Crippen LogP contribution >= 0.6 is 0 Å². The SMILES string of the molecule is O=C(CN1CCOCC1)Nc1ccc(C2=CCC=CC=C2)nn1. The Bertz CT molecular complexity index is 628. The van der Waals surface area contributed by atoms with Crippen LogP contribution in [0.15, 0.2) is 42.5 Å². The van der Waals surface area contributed by atoms with Gasteiger partial charge in [0.2, 0.25) is 5.91 Å². The molecule has 1 aromatic heterocycles. The Hall–Kier alpha value is -2.31. The third-order valence-corrected chi connectivity index (χ3v) is 3.70. The second kappa shape index (κ2) is 7.80. The number of nitrogens with one attached hydrogen (secondary N) is 1. The Morgan fingerprint density at radius 1 is 1.22 bits per heavy atom. The summed E-state index contributed by atoms with van der Waals surface area (Å²) in [5.41, 5.74) is 1.84. The topological polar surface area (TPSA) is 67.3 Å². The molecule has 2 heterocycles. The Balaban J connectivity index is 1.56. The van der Waals surface area contributed by atoms with Crippen molar-refractivity contribution in [2.75, 3.05) is 38.2 Å². The summed E-state index contributed by atoms with van der Waals surface area (Å²) in [7, 11) is 0. The molecule has 6 heteroatoms. The molecule has 120 valence electrons. The number of amides is 1. The van der Waals surface area contributed by atoms with Crippen molar-refractivity contribution in [1.82, 2.24) is 15.1 Å². The summed E-state index contributed by atoms with van der Waals surface area (Å²) in [5, 5.41) is 11.1. The minimum atomic E-state index is -0.0771. The number of nitrogens with zero attached hydrogens (tertiary/aromatic N) is 3. The predicted molar refractivity (Wildman–Crippen MR) is 88.8 cm³/mol. The Kier molecular flexibility index (Phi) is 5.29. The molecular weight excluding hydrogens is 292 g/mol. The van der Waals surface area contributed by atoms with Crippen molar-refractivity contribution in [3.05, 3.63) is 48.2 Å². The van der Waals surface area contributed by atoms with E-state index in [1.54, 1.807) is 6.07 Å². The fourth-order valence-electron chi connectivity index (χ4n) is 2.47. The fourth-order valence-corrected chi connectivity index (χ4v) is 2.47. The lowest BCUT2D eigenvalue weighted by Crippen LogP contribution is -2.41. The van der Waals surface area contributed by atoms with Gasteiger partial charge in [0, 0.05) is 13.1 Å². The molecule has 1 aromatic rings. The summed E-state index contributed by atoms with van der Waals surface area (Å²) in [6.07, 6.45) is 11.1. The highest BCUT2D eigenvalue weighted by molar-refractivity contribution is 5.91. The van der Waals surface area contributed by atoms with Gasteiger partial charge in [-0.25, -0.2) is 0 Å². The molecule has 0 radical (unpaired) electrons. The summed E-state index contributed by atoms with van der Waals surface area (Å²) in [5.74, 6) is 0.398. The summed E-state index contributed by atoms with van der Waals surface area (Å²) in [6.45, 7) is 3.28. The number of anilines is 1. The van der Waals surface area contributed by atoms with E-state index in [1.807, 2.05) is 24.3 Å². The lowest BCUT2D eigenvalue weighted by atomic mass is 10.1. The van der Waals surface area contributed by atoms with Crippen LogP contribution in [0.3, 0.4) is 0 Å². The molecule has 6 nitrogen and oxygen atoms in total. The highest BCUT2D eigenvalue weighted by Crippen LogP contribution is 2.17. The Labute approximate surface area is 135 Å². The van der Waals surface area contributed by atoms with Gasteiger partial charge in [-0.1, -0.05) is 30.4 Å². The third kappa shape index (κ3) is 4.58. The van der Waals surface area contributed by atoms with Crippen LogP contribution < -0.4 is 5.32 Å². The van der Waals surface area contributed by atoms with E-state index in [0.717, 1.165) is 30.8 Å². The first-order valence-electron chi connectivity index (χ1n) is 7.79. The number of hydrogen-bond donors (Lipinski definition) is 1. The standard InChI is InChI=1S/C17H20N4O2/c22-17(13-21-9-11-23-12-10-21)18-16-8-7-15(19-20-16)14-5-3-1-2-4-6-14/h1-3,5-8H,4,9-13H2,(H,18,20,22). The van der Waals surface area contributed by atoms with Crippen LogP contribution in [-0.4, -0.2) is 53.9 Å². The molecule has 23 heavy (non-hydrogen) atoms. The van der Waals surface area contributed by atoms with Crippen molar-refractivity contribution in [2.24, 2.45) is 0 Å². The molecule has 3 rings (SSSR count). The van der Waals surface area contributed by atoms with Crippen molar-refractivity contribution in [3.63, 3.8) is 0 Å². The minimum Gasteiger partial charge on any atom is -0.379 e. The molecule has 0 saturated carbocycles. The maximum atomic E-state index is 12.0. The van der Waals surface area contributed by atoms with Gasteiger partial charge in [0.05, 0.1) is 25.5 Å². The summed E-state index contributed by atoms with van der Waals surface area (Å²) in [4.78, 5) is 14.1. The van der Waals surface area contributed by atoms with E-state index in [1.165, 1.54) is 0 Å². The molecule has 1 aliphatic carbocycles. The molecule has 1 aliphatic heterocycles. The third-order valence-electron chi connectivity index (χ3n) is 3.70. The maximum Gasteiger partial charge on any atom is 0.239 e. The van der Waals surface area contributed by atoms with Crippen molar-refractivity contribution in [3.8, 4) is 0 Å². The van der Waals surface area contributed by atoms with E-state index in [0.29, 0.717) is 25.6 Å². The monoisotopic (exact) mass is 312 g/mol. The molecule has 2 aliphatic rings. The first kappa shape index (κ1) is 15.6. The zero-order valence-corrected chi connectivity index (χ0v) is 12.9. The zero-order valence-electron chi connectivity index (χ0n) is 12.9. The average molecular weight is 312 g/mol. The molecule has 1 N–H and O–H groups in total. The lowest BCUT2D eigenvalue weighted by molar-refractivity contribution is -0.118. The largest absolute Gasteiger partial charge is 0.379 e. The fraction of sp³-hybridized carbons (Fsp3) is 0.353. The van der Waals surface area contributed by atoms with Gasteiger partial charge in [-0.3, -0.25) is 9.69 Å². The number of ether oxygens (including phenoxy) is 1. The zero-order chi connectivity index (χ0) is 15.9. The molecule has 0 aromatic carbocycles. The van der Waals surface area contributed by atoms with Crippen molar-refractivity contribution in [2.45, 2.75) is 6.42 Å². The van der Waals surface area contributed by atoms with Gasteiger partial charge in [0.15, 0.2) is 5.82 Å². The first-order chi connectivity index (χ1) is 11.3. The van der Waals surface area contributed by atoms with Crippen LogP contribution in [0.1, 0.15) is 12.1 Å². The van der Waals surface area contributed by atoms with Crippen molar-refractivity contribution < 1.29 is 9.53 Å². The number of rotatable bonds is 4. The van der Waals surface area contributed by atoms with Crippen LogP contribution in [0.25, 0.3) is 5.57 Å². The van der Waals surface area contributed by atoms with Crippen LogP contribution in [0.4, 0.5) is 5.82 Å². The maximum absolute atomic E-state index is 12.0. The van der Waals surface area contributed by atoms with Crippen LogP contribution in [0.5, 0.6) is 0 Å². The number of allylic oxidation sites excluding steroid dienone is 6. The molecule has 1 fully saturated rings. The van der Waals surface area contributed by atoms with Crippen LogP contribution in [0.2, 0.25) is 0 Å². The smallest absolute Gasteiger partial charge is 0.239 e. The second-order valence-corrected chi connectivity index (χ2v) is 5.42. The van der Waals surface area contributed by atoms with E-state index < -0.39 is 0 Å². The molecule has 1 amide bonds. The van der Waals surface area contributed by atoms with E-state index in [2.05, 4.69) is 32.6 Å². The quantitative estimate of drug-likeness (QED) is 0.915. The summed E-state index contributed by atoms with van der Waals surface area (Å²) in [6, 6.07) is 3.66. The normalized spacial score (nSPS) is 18.3. The van der Waals surface area contributed by atoms with Gasteiger partial charge in [0.25, 0.3) is 0 Å². The Morgan fingerprint density at radius 3 is 2.87 bits per heavy atom. The second-order valence-electron chi connectivity index (χ2n) is 5.42. The summed E-state index contributed by atoms with van der Waals surface area (Å²) >= 11 is 0. The lowest BCUT2D eigenvalue weighted by Gasteiger charge is -2.25. The van der Waals surface area contributed by atoms with Gasteiger partial charge in [-0.15, -0.1) is 10.2 Å². The van der Waals surface area contributed by atoms with Gasteiger partial charge in [-0.05, 0) is 24.1 Å². The number of hydrogen-bond acceptors (Lipinski definition) is 5. The van der Waals surface area contributed by atoms with E-state index in [9.17, 15) is 4.79 Å². The molecule has 0 bridgehead atoms. The van der Waals surface area contributed by atoms with Crippen molar-refractivity contribution >= 4 is 17.3 Å². The number of carbonyl (C=O) groups is 1. The number of morpholine rings is 1. The van der Waals surface area contributed by atoms with Crippen LogP contribution in [-0.2, 0) is 9.53 Å². The highest BCUT2D eigenvalue weighted by Gasteiger charge is 2.14. The highest BCUT2D eigenvalue weighted by atomic mass is 16.5. The molecular formula is C17H20N4O2. The molecule has 0 atom stereocenters. The van der Waals surface area contributed by atoms with Crippen molar-refractivity contribution in [1.29, 1.82) is 0 Å². The minimum absolute atomic E-state index is 0.0771. The number of carbonyl (C=O) groups excluding carboxylic acids is 1. The molecule has 0 unspecified atom stereocenters. The first-order valence-corrected chi connectivity index (χ1v) is 7.79. The van der Waals surface area contributed by atoms with Gasteiger partial charge < -0.3 is 10.1 Å². The molecule has 1 saturated heterocycles. The predicted octanol–water partition coefficient (Wildman–Crippen LogP) is 1.65. The van der Waals surface area contributed by atoms with Crippen LogP contribution in [0, 0.1) is 0 Å². The number of aromatic nitrogens is 2. The average Bonchev–Trinajstić information content (AvgIpc) is 2.86. The van der Waals surface area contributed by atoms with Gasteiger partial charge in [0.1, 0.15) is 0 Å². The van der Waals surface area contributed by atoms with E-state index >= 15 is 0 Å². The van der Waals surface area contributed by atoms with Gasteiger partial charge >= 0.3 is 0 Å². The summed E-state index contributed by atoms with van der Waals surface area (Å²) < 4.78 is 5.27.